The highest BCUT2D eigenvalue weighted by Crippen LogP contribution is 2.20. The Morgan fingerprint density at radius 1 is 1.35 bits per heavy atom. The minimum absolute atomic E-state index is 0.0147. The number of likely N-dealkylation sites (tertiary alicyclic amines) is 1. The molecule has 2 amide bonds. The zero-order valence-electron chi connectivity index (χ0n) is 13.0. The number of rotatable bonds is 6. The van der Waals surface area contributed by atoms with Crippen LogP contribution in [0, 0.1) is 5.92 Å². The van der Waals surface area contributed by atoms with Crippen LogP contribution in [-0.4, -0.2) is 42.9 Å². The maximum Gasteiger partial charge on any atom is 0.330 e. The van der Waals surface area contributed by atoms with Gasteiger partial charge in [-0.3, -0.25) is 9.59 Å². The van der Waals surface area contributed by atoms with Crippen LogP contribution in [0.2, 0.25) is 0 Å². The van der Waals surface area contributed by atoms with Crippen LogP contribution >= 0.6 is 0 Å². The van der Waals surface area contributed by atoms with Crippen molar-refractivity contribution in [2.75, 3.05) is 20.2 Å². The monoisotopic (exact) mass is 316 g/mol. The summed E-state index contributed by atoms with van der Waals surface area (Å²) in [6.07, 6.45) is 2.99. The fourth-order valence-corrected chi connectivity index (χ4v) is 2.43. The largest absolute Gasteiger partial charge is 0.466 e. The molecule has 0 aromatic heterocycles. The number of methoxy groups -OCH3 is 1. The molecule has 0 aliphatic carbocycles. The van der Waals surface area contributed by atoms with Gasteiger partial charge in [-0.2, -0.15) is 0 Å². The van der Waals surface area contributed by atoms with E-state index in [1.165, 1.54) is 19.3 Å². The van der Waals surface area contributed by atoms with Crippen molar-refractivity contribution in [2.45, 2.75) is 13.0 Å². The maximum atomic E-state index is 12.1. The Kier molecular flexibility index (Phi) is 5.91. The molecule has 6 heteroatoms. The first-order chi connectivity index (χ1) is 11.1. The number of carbonyl (C=O) groups excluding carboxylic acids is 3. The maximum absolute atomic E-state index is 12.1. The first-order valence-electron chi connectivity index (χ1n) is 7.44. The van der Waals surface area contributed by atoms with Crippen molar-refractivity contribution in [3.05, 3.63) is 48.0 Å². The van der Waals surface area contributed by atoms with E-state index in [9.17, 15) is 14.4 Å². The Morgan fingerprint density at radius 3 is 2.78 bits per heavy atom. The summed E-state index contributed by atoms with van der Waals surface area (Å²) in [6, 6.07) is 9.69. The van der Waals surface area contributed by atoms with Crippen LogP contribution in [0.1, 0.15) is 12.0 Å². The third-order valence-corrected chi connectivity index (χ3v) is 3.65. The second-order valence-electron chi connectivity index (χ2n) is 5.33. The zero-order valence-corrected chi connectivity index (χ0v) is 13.0. The average Bonchev–Trinajstić information content (AvgIpc) is 2.93. The molecule has 23 heavy (non-hydrogen) atoms. The third-order valence-electron chi connectivity index (χ3n) is 3.65. The summed E-state index contributed by atoms with van der Waals surface area (Å²) in [7, 11) is 1.29. The van der Waals surface area contributed by atoms with Gasteiger partial charge in [-0.15, -0.1) is 0 Å². The molecule has 0 saturated carbocycles. The van der Waals surface area contributed by atoms with Crippen molar-refractivity contribution in [1.29, 1.82) is 0 Å². The Balaban J connectivity index is 1.81. The van der Waals surface area contributed by atoms with Gasteiger partial charge in [0.25, 0.3) is 0 Å². The predicted octanol–water partition coefficient (Wildman–Crippen LogP) is 0.880. The Labute approximate surface area is 135 Å². The standard InChI is InChI=1S/C17H20N2O4/c1-23-16(21)8-5-9-18-17(22)14-10-15(20)19(12-14)11-13-6-3-2-4-7-13/h2-8,14H,9-12H2,1H3,(H,18,22)/b8-5+. The summed E-state index contributed by atoms with van der Waals surface area (Å²) >= 11 is 0. The third kappa shape index (κ3) is 4.95. The number of hydrogen-bond acceptors (Lipinski definition) is 4. The average molecular weight is 316 g/mol. The Morgan fingerprint density at radius 2 is 2.09 bits per heavy atom. The number of nitrogens with one attached hydrogen (secondary N) is 1. The molecule has 1 fully saturated rings. The molecule has 122 valence electrons. The van der Waals surface area contributed by atoms with Crippen LogP contribution in [0.25, 0.3) is 0 Å². The minimum atomic E-state index is -0.468. The smallest absolute Gasteiger partial charge is 0.330 e. The molecule has 1 aromatic rings. The van der Waals surface area contributed by atoms with Crippen LogP contribution in [0.5, 0.6) is 0 Å². The lowest BCUT2D eigenvalue weighted by Gasteiger charge is -2.16. The molecule has 1 N–H and O–H groups in total. The van der Waals surface area contributed by atoms with Gasteiger partial charge in [-0.25, -0.2) is 4.79 Å². The molecule has 0 spiro atoms. The van der Waals surface area contributed by atoms with Crippen molar-refractivity contribution >= 4 is 17.8 Å². The lowest BCUT2D eigenvalue weighted by Crippen LogP contribution is -2.33. The van der Waals surface area contributed by atoms with Gasteiger partial charge in [0.1, 0.15) is 0 Å². The lowest BCUT2D eigenvalue weighted by atomic mass is 10.1. The summed E-state index contributed by atoms with van der Waals surface area (Å²) in [5.41, 5.74) is 1.04. The van der Waals surface area contributed by atoms with Crippen LogP contribution in [0.3, 0.4) is 0 Å². The normalized spacial score (nSPS) is 17.5. The zero-order chi connectivity index (χ0) is 16.7. The van der Waals surface area contributed by atoms with E-state index in [2.05, 4.69) is 10.1 Å². The van der Waals surface area contributed by atoms with E-state index in [0.717, 1.165) is 5.56 Å². The fraction of sp³-hybridized carbons (Fsp3) is 0.353. The number of esters is 1. The highest BCUT2D eigenvalue weighted by Gasteiger charge is 2.33. The Hall–Kier alpha value is -2.63. The second-order valence-corrected chi connectivity index (χ2v) is 5.33. The molecule has 1 aliphatic rings. The van der Waals surface area contributed by atoms with Gasteiger partial charge in [0.15, 0.2) is 0 Å². The number of amides is 2. The number of carbonyl (C=O) groups is 3. The summed E-state index contributed by atoms with van der Waals surface area (Å²) in [5.74, 6) is -1.01. The molecule has 6 nitrogen and oxygen atoms in total. The molecule has 1 saturated heterocycles. The van der Waals surface area contributed by atoms with Crippen molar-refractivity contribution in [3.63, 3.8) is 0 Å². The van der Waals surface area contributed by atoms with Gasteiger partial charge in [-0.05, 0) is 5.56 Å². The van der Waals surface area contributed by atoms with E-state index in [4.69, 9.17) is 0 Å². The quantitative estimate of drug-likeness (QED) is 0.624. The van der Waals surface area contributed by atoms with Gasteiger partial charge in [0, 0.05) is 32.1 Å². The summed E-state index contributed by atoms with van der Waals surface area (Å²) < 4.78 is 4.45. The first-order valence-corrected chi connectivity index (χ1v) is 7.44. The van der Waals surface area contributed by atoms with Gasteiger partial charge in [0.05, 0.1) is 13.0 Å². The number of ether oxygens (including phenoxy) is 1. The molecular weight excluding hydrogens is 296 g/mol. The Bertz CT molecular complexity index is 598. The number of hydrogen-bond donors (Lipinski definition) is 1. The fourth-order valence-electron chi connectivity index (χ4n) is 2.43. The van der Waals surface area contributed by atoms with Crippen molar-refractivity contribution in [3.8, 4) is 0 Å². The first kappa shape index (κ1) is 16.7. The SMILES string of the molecule is COC(=O)/C=C/CNC(=O)C1CC(=O)N(Cc2ccccc2)C1. The molecule has 1 unspecified atom stereocenters. The van der Waals surface area contributed by atoms with Crippen LogP contribution in [0.4, 0.5) is 0 Å². The topological polar surface area (TPSA) is 75.7 Å². The van der Waals surface area contributed by atoms with Crippen molar-refractivity contribution < 1.29 is 19.1 Å². The van der Waals surface area contributed by atoms with Gasteiger partial charge in [0.2, 0.25) is 11.8 Å². The minimum Gasteiger partial charge on any atom is -0.466 e. The molecule has 1 heterocycles. The van der Waals surface area contributed by atoms with Gasteiger partial charge < -0.3 is 15.0 Å². The lowest BCUT2D eigenvalue weighted by molar-refractivity contribution is -0.135. The predicted molar refractivity (Wildman–Crippen MR) is 84.1 cm³/mol. The molecule has 1 aliphatic heterocycles. The van der Waals surface area contributed by atoms with Gasteiger partial charge >= 0.3 is 5.97 Å². The molecule has 2 rings (SSSR count). The van der Waals surface area contributed by atoms with Crippen LogP contribution in [-0.2, 0) is 25.7 Å². The molecule has 1 aromatic carbocycles. The number of benzene rings is 1. The summed E-state index contributed by atoms with van der Waals surface area (Å²) in [5, 5.41) is 2.70. The van der Waals surface area contributed by atoms with E-state index in [0.29, 0.717) is 13.1 Å². The van der Waals surface area contributed by atoms with Gasteiger partial charge in [-0.1, -0.05) is 36.4 Å². The van der Waals surface area contributed by atoms with E-state index < -0.39 is 5.97 Å². The molecule has 1 atom stereocenters. The molecule has 0 radical (unpaired) electrons. The van der Waals surface area contributed by atoms with E-state index in [1.807, 2.05) is 30.3 Å². The van der Waals surface area contributed by atoms with Crippen molar-refractivity contribution in [1.82, 2.24) is 10.2 Å². The van der Waals surface area contributed by atoms with E-state index in [1.54, 1.807) is 4.90 Å². The van der Waals surface area contributed by atoms with E-state index >= 15 is 0 Å². The number of nitrogens with zero attached hydrogens (tertiary/aromatic N) is 1. The van der Waals surface area contributed by atoms with Crippen LogP contribution < -0.4 is 5.32 Å². The molecule has 0 bridgehead atoms. The highest BCUT2D eigenvalue weighted by molar-refractivity contribution is 5.89. The highest BCUT2D eigenvalue weighted by atomic mass is 16.5. The van der Waals surface area contributed by atoms with E-state index in [-0.39, 0.29) is 30.7 Å². The second kappa shape index (κ2) is 8.12. The molecular formula is C17H20N2O4. The summed E-state index contributed by atoms with van der Waals surface area (Å²) in [6.45, 7) is 1.17. The van der Waals surface area contributed by atoms with Crippen molar-refractivity contribution in [2.24, 2.45) is 5.92 Å². The van der Waals surface area contributed by atoms with Crippen LogP contribution in [0.15, 0.2) is 42.5 Å². The summed E-state index contributed by atoms with van der Waals surface area (Å²) in [4.78, 5) is 36.7.